The summed E-state index contributed by atoms with van der Waals surface area (Å²) in [7, 11) is 0. The van der Waals surface area contributed by atoms with Crippen LogP contribution < -0.4 is 20.1 Å². The van der Waals surface area contributed by atoms with Gasteiger partial charge in [-0.25, -0.2) is 18.2 Å². The number of carbonyl (C=O) groups is 2. The van der Waals surface area contributed by atoms with Crippen molar-refractivity contribution in [1.29, 1.82) is 0 Å². The highest BCUT2D eigenvalue weighted by atomic mass is 19.3. The fraction of sp³-hybridized carbons (Fsp3) is 0.382. The quantitative estimate of drug-likeness (QED) is 0.229. The molecule has 0 radical (unpaired) electrons. The predicted molar refractivity (Wildman–Crippen MR) is 164 cm³/mol. The van der Waals surface area contributed by atoms with Gasteiger partial charge < -0.3 is 25.2 Å². The lowest BCUT2D eigenvalue weighted by atomic mass is 9.81. The standard InChI is InChI=1S/C34H32F3N5O5/c1-17-11-19-12-20(13-25(27(19)42-41-17)47-23-9-10-23)30(43)38-15-34(45,31(36)37)26-14-24-29(28(40-26)18-3-5-21(35)6-4-18)46-16-33(24,2)32(44)39-22-7-8-22/h3-6,11-14,22-23,31,45H,7-10,15-16H2,1-2H3,(H,38,43)(H,39,44)/t33-,34?/m0/s1. The first-order chi connectivity index (χ1) is 22.4. The van der Waals surface area contributed by atoms with Gasteiger partial charge in [0, 0.05) is 28.1 Å². The summed E-state index contributed by atoms with van der Waals surface area (Å²) in [5.74, 6) is -1.09. The van der Waals surface area contributed by atoms with Gasteiger partial charge in [0.1, 0.15) is 40.5 Å². The summed E-state index contributed by atoms with van der Waals surface area (Å²) in [6, 6.07) is 11.2. The van der Waals surface area contributed by atoms with Crippen molar-refractivity contribution in [2.45, 2.75) is 69.1 Å². The summed E-state index contributed by atoms with van der Waals surface area (Å²) >= 11 is 0. The molecule has 1 unspecified atom stereocenters. The Morgan fingerprint density at radius 3 is 2.53 bits per heavy atom. The first-order valence-corrected chi connectivity index (χ1v) is 15.4. The third-order valence-electron chi connectivity index (χ3n) is 8.78. The minimum atomic E-state index is -3.41. The zero-order chi connectivity index (χ0) is 33.1. The molecule has 2 amide bonds. The number of nitrogens with zero attached hydrogens (tertiary/aromatic N) is 3. The van der Waals surface area contributed by atoms with Crippen LogP contribution >= 0.6 is 0 Å². The lowest BCUT2D eigenvalue weighted by Gasteiger charge is -2.29. The molecule has 47 heavy (non-hydrogen) atoms. The molecule has 1 aliphatic heterocycles. The maximum Gasteiger partial charge on any atom is 0.274 e. The third-order valence-corrected chi connectivity index (χ3v) is 8.78. The van der Waals surface area contributed by atoms with Gasteiger partial charge in [0.2, 0.25) is 5.91 Å². The van der Waals surface area contributed by atoms with Crippen LogP contribution in [0.25, 0.3) is 22.2 Å². The largest absolute Gasteiger partial charge is 0.489 e. The molecule has 0 spiro atoms. The fourth-order valence-electron chi connectivity index (χ4n) is 5.58. The summed E-state index contributed by atoms with van der Waals surface area (Å²) in [5.41, 5.74) is -2.93. The second-order valence-electron chi connectivity index (χ2n) is 12.7. The van der Waals surface area contributed by atoms with Crippen LogP contribution in [0.1, 0.15) is 59.9 Å². The number of amides is 2. The van der Waals surface area contributed by atoms with E-state index in [9.17, 15) is 27.9 Å². The average Bonchev–Trinajstić information content (AvgIpc) is 3.99. The average molecular weight is 648 g/mol. The van der Waals surface area contributed by atoms with Gasteiger partial charge in [-0.15, -0.1) is 5.10 Å². The number of pyridine rings is 1. The number of hydrogen-bond donors (Lipinski definition) is 3. The maximum absolute atomic E-state index is 14.9. The molecule has 2 saturated carbocycles. The number of hydrogen-bond acceptors (Lipinski definition) is 8. The van der Waals surface area contributed by atoms with E-state index in [4.69, 9.17) is 9.47 Å². The molecule has 2 aliphatic carbocycles. The molecular formula is C34H32F3N5O5. The molecule has 13 heteroatoms. The molecule has 0 saturated heterocycles. The van der Waals surface area contributed by atoms with Gasteiger partial charge in [-0.05, 0) is 88.1 Å². The maximum atomic E-state index is 14.9. The van der Waals surface area contributed by atoms with E-state index in [2.05, 4.69) is 25.8 Å². The molecule has 2 aromatic carbocycles. The number of halogens is 3. The highest BCUT2D eigenvalue weighted by Gasteiger charge is 2.49. The Balaban J connectivity index is 1.25. The number of rotatable bonds is 10. The first-order valence-electron chi connectivity index (χ1n) is 15.4. The van der Waals surface area contributed by atoms with Crippen LogP contribution in [0.4, 0.5) is 13.2 Å². The zero-order valence-electron chi connectivity index (χ0n) is 25.6. The molecule has 3 heterocycles. The Morgan fingerprint density at radius 1 is 1.11 bits per heavy atom. The van der Waals surface area contributed by atoms with Crippen LogP contribution in [-0.4, -0.2) is 63.8 Å². The number of ether oxygens (including phenoxy) is 2. The molecule has 2 fully saturated rings. The number of aryl methyl sites for hydroxylation is 1. The molecule has 3 aliphatic rings. The molecule has 2 atom stereocenters. The Morgan fingerprint density at radius 2 is 1.85 bits per heavy atom. The smallest absolute Gasteiger partial charge is 0.274 e. The molecule has 3 N–H and O–H groups in total. The van der Waals surface area contributed by atoms with E-state index in [0.29, 0.717) is 27.9 Å². The topological polar surface area (TPSA) is 136 Å². The number of benzene rings is 2. The number of fused-ring (bicyclic) bond motifs is 2. The van der Waals surface area contributed by atoms with Gasteiger partial charge in [-0.1, -0.05) is 0 Å². The summed E-state index contributed by atoms with van der Waals surface area (Å²) in [5, 5.41) is 25.8. The highest BCUT2D eigenvalue weighted by molar-refractivity contribution is 6.00. The molecule has 10 nitrogen and oxygen atoms in total. The van der Waals surface area contributed by atoms with Crippen LogP contribution in [0.3, 0.4) is 0 Å². The normalized spacial score (nSPS) is 20.0. The van der Waals surface area contributed by atoms with E-state index in [1.54, 1.807) is 26.0 Å². The van der Waals surface area contributed by atoms with Crippen LogP contribution in [0.2, 0.25) is 0 Å². The minimum absolute atomic E-state index is 0.00857. The molecule has 0 bridgehead atoms. The van der Waals surface area contributed by atoms with Gasteiger partial charge >= 0.3 is 0 Å². The summed E-state index contributed by atoms with van der Waals surface area (Å²) < 4.78 is 55.6. The third kappa shape index (κ3) is 5.84. The predicted octanol–water partition coefficient (Wildman–Crippen LogP) is 4.49. The SMILES string of the molecule is Cc1cc2cc(C(=O)NCC(O)(c3cc4c(c(-c5ccc(F)cc5)n3)OC[C@]4(C)C(=O)NC3CC3)C(F)F)cc(OC3CC3)c2nn1. The zero-order valence-corrected chi connectivity index (χ0v) is 25.6. The molecule has 2 aromatic heterocycles. The Labute approximate surface area is 267 Å². The van der Waals surface area contributed by atoms with Gasteiger partial charge in [-0.2, -0.15) is 5.10 Å². The Hall–Kier alpha value is -4.78. The second-order valence-corrected chi connectivity index (χ2v) is 12.7. The van der Waals surface area contributed by atoms with Crippen LogP contribution in [-0.2, 0) is 15.8 Å². The molecule has 7 rings (SSSR count). The van der Waals surface area contributed by atoms with E-state index in [1.807, 2.05) is 0 Å². The van der Waals surface area contributed by atoms with Crippen molar-refractivity contribution in [3.05, 3.63) is 76.9 Å². The van der Waals surface area contributed by atoms with E-state index in [1.165, 1.54) is 36.4 Å². The molecule has 244 valence electrons. The van der Waals surface area contributed by atoms with E-state index in [0.717, 1.165) is 25.7 Å². The van der Waals surface area contributed by atoms with Crippen LogP contribution in [0.15, 0.2) is 48.5 Å². The van der Waals surface area contributed by atoms with Gasteiger partial charge in [-0.3, -0.25) is 9.59 Å². The fourth-order valence-corrected chi connectivity index (χ4v) is 5.58. The van der Waals surface area contributed by atoms with E-state index in [-0.39, 0.29) is 47.2 Å². The van der Waals surface area contributed by atoms with Crippen LogP contribution in [0, 0.1) is 12.7 Å². The summed E-state index contributed by atoms with van der Waals surface area (Å²) in [4.78, 5) is 31.2. The van der Waals surface area contributed by atoms with Crippen molar-refractivity contribution in [1.82, 2.24) is 25.8 Å². The minimum Gasteiger partial charge on any atom is -0.489 e. The monoisotopic (exact) mass is 647 g/mol. The van der Waals surface area contributed by atoms with Crippen LogP contribution in [0.5, 0.6) is 11.5 Å². The number of alkyl halides is 2. The van der Waals surface area contributed by atoms with Crippen molar-refractivity contribution >= 4 is 22.7 Å². The van der Waals surface area contributed by atoms with Crippen molar-refractivity contribution in [2.75, 3.05) is 13.2 Å². The lowest BCUT2D eigenvalue weighted by molar-refractivity contribution is -0.126. The van der Waals surface area contributed by atoms with Crippen molar-refractivity contribution in [3.63, 3.8) is 0 Å². The van der Waals surface area contributed by atoms with Gasteiger partial charge in [0.15, 0.2) is 5.60 Å². The lowest BCUT2D eigenvalue weighted by Crippen LogP contribution is -2.47. The van der Waals surface area contributed by atoms with Crippen molar-refractivity contribution < 1.29 is 37.3 Å². The number of carbonyl (C=O) groups excluding carboxylic acids is 2. The van der Waals surface area contributed by atoms with E-state index < -0.39 is 41.4 Å². The number of aliphatic hydroxyl groups is 1. The number of nitrogens with one attached hydrogen (secondary N) is 2. The van der Waals surface area contributed by atoms with Crippen molar-refractivity contribution in [3.8, 4) is 22.8 Å². The Kier molecular flexibility index (Phi) is 7.53. The van der Waals surface area contributed by atoms with Gasteiger partial charge in [0.25, 0.3) is 12.3 Å². The first kappa shape index (κ1) is 30.9. The molecular weight excluding hydrogens is 615 g/mol. The number of aromatic nitrogens is 3. The Bertz CT molecular complexity index is 1900. The van der Waals surface area contributed by atoms with Crippen molar-refractivity contribution in [2.24, 2.45) is 0 Å². The highest BCUT2D eigenvalue weighted by Crippen LogP contribution is 2.46. The molecule has 4 aromatic rings. The summed E-state index contributed by atoms with van der Waals surface area (Å²) in [6.45, 7) is 2.36. The van der Waals surface area contributed by atoms with E-state index >= 15 is 0 Å². The summed E-state index contributed by atoms with van der Waals surface area (Å²) in [6.07, 6.45) is -0.0306. The second kappa shape index (κ2) is 11.5. The van der Waals surface area contributed by atoms with Gasteiger partial charge in [0.05, 0.1) is 24.0 Å².